The van der Waals surface area contributed by atoms with E-state index in [0.717, 1.165) is 88.9 Å². The Labute approximate surface area is 328 Å². The molecule has 5 aromatic carbocycles. The van der Waals surface area contributed by atoms with Crippen LogP contribution < -0.4 is 0 Å². The summed E-state index contributed by atoms with van der Waals surface area (Å²) in [4.78, 5) is 27.0. The predicted molar refractivity (Wildman–Crippen MR) is 229 cm³/mol. The van der Waals surface area contributed by atoms with Gasteiger partial charge in [0.25, 0.3) is 0 Å². The van der Waals surface area contributed by atoms with Crippen LogP contribution in [0.2, 0.25) is 0 Å². The molecule has 0 aliphatic heterocycles. The average molecular weight is 738 g/mol. The van der Waals surface area contributed by atoms with Gasteiger partial charge >= 0.3 is 0 Å². The number of aromatic nitrogens is 9. The average Bonchev–Trinajstić information content (AvgIpc) is 4.01. The van der Waals surface area contributed by atoms with Crippen molar-refractivity contribution < 1.29 is 0 Å². The Bertz CT molecular complexity index is 3220. The lowest BCUT2D eigenvalue weighted by atomic mass is 10.0. The van der Waals surface area contributed by atoms with Crippen LogP contribution in [0.15, 0.2) is 177 Å². The summed E-state index contributed by atoms with van der Waals surface area (Å²) in [6.45, 7) is 4.00. The molecule has 9 nitrogen and oxygen atoms in total. The minimum absolute atomic E-state index is 0.592. The lowest BCUT2D eigenvalue weighted by Gasteiger charge is -2.12. The quantitative estimate of drug-likeness (QED) is 0.169. The number of para-hydroxylation sites is 2. The van der Waals surface area contributed by atoms with Crippen LogP contribution in [0, 0.1) is 0 Å². The third-order valence-electron chi connectivity index (χ3n) is 10.3. The van der Waals surface area contributed by atoms with Gasteiger partial charge in [-0.15, -0.1) is 0 Å². The van der Waals surface area contributed by atoms with Gasteiger partial charge in [0.1, 0.15) is 24.1 Å². The summed E-state index contributed by atoms with van der Waals surface area (Å²) in [6.07, 6.45) is 12.5. The smallest absolute Gasteiger partial charge is 0.164 e. The van der Waals surface area contributed by atoms with Crippen LogP contribution in [0.3, 0.4) is 0 Å². The fourth-order valence-electron chi connectivity index (χ4n) is 7.87. The SMILES string of the molecule is CC.c1ccc(-n2ccnc2-c2cccc(-c3ccc4c(c3)c3ccncc3n4-c3cccc(-n4c5ccccc5c5cc(-c6ncncn6)cnc54)c3)c2)cc1. The fourth-order valence-corrected chi connectivity index (χ4v) is 7.87. The Balaban J connectivity index is 0.00000195. The fraction of sp³-hybridized carbons (Fsp3) is 0.0417. The van der Waals surface area contributed by atoms with Crippen molar-refractivity contribution in [3.05, 3.63) is 177 Å². The highest BCUT2D eigenvalue weighted by atomic mass is 15.1. The topological polar surface area (TPSA) is 92.1 Å². The number of imidazole rings is 1. The molecule has 6 heterocycles. The van der Waals surface area contributed by atoms with Crippen molar-refractivity contribution in [2.45, 2.75) is 13.8 Å². The third-order valence-corrected chi connectivity index (χ3v) is 10.3. The Morgan fingerprint density at radius 3 is 2.00 bits per heavy atom. The van der Waals surface area contributed by atoms with Crippen molar-refractivity contribution in [3.8, 4) is 51.0 Å². The van der Waals surface area contributed by atoms with Crippen LogP contribution >= 0.6 is 0 Å². The summed E-state index contributed by atoms with van der Waals surface area (Å²) in [5.74, 6) is 1.49. The molecular weight excluding hydrogens is 703 g/mol. The number of nitrogens with zero attached hydrogens (tertiary/aromatic N) is 9. The van der Waals surface area contributed by atoms with Gasteiger partial charge in [0, 0.05) is 74.5 Å². The molecule has 57 heavy (non-hydrogen) atoms. The van der Waals surface area contributed by atoms with Crippen LogP contribution in [0.25, 0.3) is 94.7 Å². The largest absolute Gasteiger partial charge is 0.308 e. The first kappa shape index (κ1) is 33.8. The first-order valence-corrected chi connectivity index (χ1v) is 19.0. The molecule has 0 radical (unpaired) electrons. The van der Waals surface area contributed by atoms with Gasteiger partial charge in [0.2, 0.25) is 0 Å². The molecule has 11 aromatic rings. The van der Waals surface area contributed by atoms with Crippen LogP contribution in [0.5, 0.6) is 0 Å². The van der Waals surface area contributed by atoms with Crippen LogP contribution in [-0.4, -0.2) is 43.6 Å². The summed E-state index contributed by atoms with van der Waals surface area (Å²) >= 11 is 0. The Kier molecular flexibility index (Phi) is 8.37. The van der Waals surface area contributed by atoms with E-state index in [0.29, 0.717) is 5.82 Å². The molecule has 0 spiro atoms. The van der Waals surface area contributed by atoms with E-state index in [-0.39, 0.29) is 0 Å². The number of benzene rings is 5. The number of fused-ring (bicyclic) bond motifs is 6. The molecule has 0 aliphatic carbocycles. The van der Waals surface area contributed by atoms with Crippen molar-refractivity contribution in [1.82, 2.24) is 43.6 Å². The summed E-state index contributed by atoms with van der Waals surface area (Å²) < 4.78 is 6.66. The summed E-state index contributed by atoms with van der Waals surface area (Å²) in [7, 11) is 0. The lowest BCUT2D eigenvalue weighted by Crippen LogP contribution is -1.99. The number of hydrogen-bond donors (Lipinski definition) is 0. The highest BCUT2D eigenvalue weighted by molar-refractivity contribution is 6.11. The van der Waals surface area contributed by atoms with Crippen molar-refractivity contribution >= 4 is 43.7 Å². The third kappa shape index (κ3) is 5.72. The minimum atomic E-state index is 0.592. The number of rotatable bonds is 6. The Hall–Kier alpha value is -7.78. The van der Waals surface area contributed by atoms with Gasteiger partial charge in [0.05, 0.1) is 22.7 Å². The number of pyridine rings is 2. The van der Waals surface area contributed by atoms with Gasteiger partial charge in [-0.05, 0) is 77.9 Å². The van der Waals surface area contributed by atoms with Gasteiger partial charge < -0.3 is 4.57 Å². The highest BCUT2D eigenvalue weighted by Crippen LogP contribution is 2.37. The van der Waals surface area contributed by atoms with Crippen molar-refractivity contribution in [3.63, 3.8) is 0 Å². The van der Waals surface area contributed by atoms with Gasteiger partial charge in [0.15, 0.2) is 5.82 Å². The van der Waals surface area contributed by atoms with E-state index in [1.165, 1.54) is 12.7 Å². The molecule has 0 fully saturated rings. The second-order valence-electron chi connectivity index (χ2n) is 13.4. The normalized spacial score (nSPS) is 11.3. The zero-order valence-corrected chi connectivity index (χ0v) is 31.3. The molecule has 0 bridgehead atoms. The summed E-state index contributed by atoms with van der Waals surface area (Å²) in [6, 6.07) is 46.9. The highest BCUT2D eigenvalue weighted by Gasteiger charge is 2.18. The van der Waals surface area contributed by atoms with E-state index in [2.05, 4.69) is 149 Å². The molecule has 6 aromatic heterocycles. The van der Waals surface area contributed by atoms with Gasteiger partial charge in [-0.25, -0.2) is 24.9 Å². The zero-order chi connectivity index (χ0) is 38.3. The van der Waals surface area contributed by atoms with Gasteiger partial charge in [-0.1, -0.05) is 80.6 Å². The maximum atomic E-state index is 4.98. The van der Waals surface area contributed by atoms with E-state index in [1.54, 1.807) is 0 Å². The van der Waals surface area contributed by atoms with E-state index >= 15 is 0 Å². The summed E-state index contributed by atoms with van der Waals surface area (Å²) in [5.41, 5.74) is 11.3. The molecule has 272 valence electrons. The lowest BCUT2D eigenvalue weighted by molar-refractivity contribution is 1.05. The van der Waals surface area contributed by atoms with E-state index in [1.807, 2.05) is 63.0 Å². The Morgan fingerprint density at radius 1 is 0.421 bits per heavy atom. The zero-order valence-electron chi connectivity index (χ0n) is 31.3. The molecule has 0 saturated heterocycles. The second kappa shape index (κ2) is 14.1. The molecule has 0 N–H and O–H groups in total. The minimum Gasteiger partial charge on any atom is -0.308 e. The Morgan fingerprint density at radius 2 is 1.12 bits per heavy atom. The van der Waals surface area contributed by atoms with Gasteiger partial charge in [-0.3, -0.25) is 14.1 Å². The molecule has 9 heteroatoms. The molecule has 0 aliphatic rings. The summed E-state index contributed by atoms with van der Waals surface area (Å²) in [5, 5.41) is 4.42. The van der Waals surface area contributed by atoms with E-state index in [9.17, 15) is 0 Å². The van der Waals surface area contributed by atoms with Crippen LogP contribution in [0.4, 0.5) is 0 Å². The molecule has 11 rings (SSSR count). The number of hydrogen-bond acceptors (Lipinski definition) is 6. The molecule has 0 amide bonds. The molecule has 0 atom stereocenters. The molecule has 0 saturated carbocycles. The monoisotopic (exact) mass is 737 g/mol. The van der Waals surface area contributed by atoms with Gasteiger partial charge in [-0.2, -0.15) is 0 Å². The van der Waals surface area contributed by atoms with Crippen LogP contribution in [0.1, 0.15) is 13.8 Å². The van der Waals surface area contributed by atoms with E-state index in [4.69, 9.17) is 9.97 Å². The maximum absolute atomic E-state index is 4.98. The molecule has 0 unspecified atom stereocenters. The van der Waals surface area contributed by atoms with Crippen molar-refractivity contribution in [2.24, 2.45) is 0 Å². The van der Waals surface area contributed by atoms with Crippen molar-refractivity contribution in [2.75, 3.05) is 0 Å². The standard InChI is InChI=1S/C46H29N9.C2H6/c1-2-10-34(11-3-1)53-21-20-49-45(53)32-9-6-8-30(22-32)31-16-17-42-39(23-31)38-18-19-47-27-43(38)54(42)35-12-7-13-36(25-35)55-41-15-5-4-14-37(41)40-24-33(26-50-46(40)55)44-51-28-48-29-52-44;1-2/h1-29H;1-2H3. The maximum Gasteiger partial charge on any atom is 0.164 e. The predicted octanol–water partition coefficient (Wildman–Crippen LogP) is 11.1. The van der Waals surface area contributed by atoms with E-state index < -0.39 is 0 Å². The van der Waals surface area contributed by atoms with Crippen LogP contribution in [-0.2, 0) is 0 Å². The van der Waals surface area contributed by atoms with Crippen molar-refractivity contribution in [1.29, 1.82) is 0 Å². The molecular formula is C48H35N9. The second-order valence-corrected chi connectivity index (χ2v) is 13.4. The first-order chi connectivity index (χ1) is 28.3. The first-order valence-electron chi connectivity index (χ1n) is 19.0.